The molecule has 0 bridgehead atoms. The Balaban J connectivity index is 1.96. The van der Waals surface area contributed by atoms with Gasteiger partial charge < -0.3 is 4.42 Å². The van der Waals surface area contributed by atoms with Gasteiger partial charge in [0.15, 0.2) is 5.58 Å². The molecule has 0 saturated heterocycles. The van der Waals surface area contributed by atoms with Crippen molar-refractivity contribution in [2.24, 2.45) is 11.3 Å². The van der Waals surface area contributed by atoms with Gasteiger partial charge in [-0.15, -0.1) is 0 Å². The van der Waals surface area contributed by atoms with E-state index in [9.17, 15) is 0 Å². The summed E-state index contributed by atoms with van der Waals surface area (Å²) in [5.74, 6) is 1.72. The van der Waals surface area contributed by atoms with Gasteiger partial charge in [0.25, 0.3) is 0 Å². The van der Waals surface area contributed by atoms with Gasteiger partial charge in [-0.25, -0.2) is 4.98 Å². The number of hydrogen-bond donors (Lipinski definition) is 0. The number of aromatic nitrogens is 1. The second-order valence-electron chi connectivity index (χ2n) is 6.78. The van der Waals surface area contributed by atoms with Crippen molar-refractivity contribution in [1.29, 1.82) is 0 Å². The minimum Gasteiger partial charge on any atom is -0.458 e. The summed E-state index contributed by atoms with van der Waals surface area (Å²) < 4.78 is 6.81. The van der Waals surface area contributed by atoms with Gasteiger partial charge in [-0.2, -0.15) is 0 Å². The number of halogens is 1. The van der Waals surface area contributed by atoms with Crippen LogP contribution in [0.15, 0.2) is 51.2 Å². The molecule has 0 N–H and O–H groups in total. The zero-order chi connectivity index (χ0) is 15.2. The summed E-state index contributed by atoms with van der Waals surface area (Å²) >= 11 is 3.45. The van der Waals surface area contributed by atoms with Crippen LogP contribution in [0.3, 0.4) is 0 Å². The lowest BCUT2D eigenvalue weighted by atomic mass is 9.77. The van der Waals surface area contributed by atoms with E-state index in [0.29, 0.717) is 5.92 Å². The van der Waals surface area contributed by atoms with Gasteiger partial charge in [-0.05, 0) is 45.0 Å². The monoisotopic (exact) mass is 345 g/mol. The molecule has 2 heterocycles. The summed E-state index contributed by atoms with van der Waals surface area (Å²) in [4.78, 5) is 4.22. The van der Waals surface area contributed by atoms with E-state index in [0.717, 1.165) is 21.3 Å². The molecule has 1 aliphatic rings. The lowest BCUT2D eigenvalue weighted by Gasteiger charge is -2.28. The normalized spacial score (nSPS) is 22.6. The summed E-state index contributed by atoms with van der Waals surface area (Å²) in [5, 5.41) is 1.10. The van der Waals surface area contributed by atoms with Crippen LogP contribution in [0.4, 0.5) is 0 Å². The van der Waals surface area contributed by atoms with Crippen LogP contribution in [-0.2, 0) is 0 Å². The van der Waals surface area contributed by atoms with Gasteiger partial charge in [0.05, 0.1) is 0 Å². The fourth-order valence-electron chi connectivity index (χ4n) is 2.79. The minimum absolute atomic E-state index is 0.191. The first-order valence-electron chi connectivity index (χ1n) is 7.31. The first-order valence-corrected chi connectivity index (χ1v) is 8.10. The van der Waals surface area contributed by atoms with Crippen LogP contribution >= 0.6 is 15.9 Å². The Kier molecular flexibility index (Phi) is 3.56. The SMILES string of the molecule is CC1C=C(C(C)(C)C)C=CC1c1cc2ccnc(Br)c2o1. The van der Waals surface area contributed by atoms with Gasteiger partial charge >= 0.3 is 0 Å². The number of hydrogen-bond acceptors (Lipinski definition) is 2. The third kappa shape index (κ3) is 2.71. The van der Waals surface area contributed by atoms with E-state index in [2.05, 4.69) is 72.9 Å². The van der Waals surface area contributed by atoms with E-state index in [-0.39, 0.29) is 11.3 Å². The minimum atomic E-state index is 0.191. The molecule has 0 aromatic carbocycles. The maximum absolute atomic E-state index is 6.04. The fourth-order valence-corrected chi connectivity index (χ4v) is 3.22. The Bertz CT molecular complexity index is 733. The van der Waals surface area contributed by atoms with Crippen LogP contribution in [0.1, 0.15) is 39.4 Å². The smallest absolute Gasteiger partial charge is 0.167 e. The Hall–Kier alpha value is -1.35. The van der Waals surface area contributed by atoms with Crippen LogP contribution in [0, 0.1) is 11.3 Å². The van der Waals surface area contributed by atoms with Crippen molar-refractivity contribution in [1.82, 2.24) is 4.98 Å². The third-order valence-electron chi connectivity index (χ3n) is 4.10. The summed E-state index contributed by atoms with van der Waals surface area (Å²) in [7, 11) is 0. The molecule has 3 rings (SSSR count). The fraction of sp³-hybridized carbons (Fsp3) is 0.389. The van der Waals surface area contributed by atoms with Crippen LogP contribution in [0.5, 0.6) is 0 Å². The van der Waals surface area contributed by atoms with E-state index < -0.39 is 0 Å². The lowest BCUT2D eigenvalue weighted by molar-refractivity contribution is 0.458. The van der Waals surface area contributed by atoms with E-state index in [1.54, 1.807) is 6.20 Å². The largest absolute Gasteiger partial charge is 0.458 e. The Morgan fingerprint density at radius 3 is 2.67 bits per heavy atom. The molecule has 0 saturated carbocycles. The lowest BCUT2D eigenvalue weighted by Crippen LogP contribution is -2.15. The Labute approximate surface area is 134 Å². The molecule has 2 unspecified atom stereocenters. The second-order valence-corrected chi connectivity index (χ2v) is 7.54. The van der Waals surface area contributed by atoms with Crippen molar-refractivity contribution >= 4 is 26.9 Å². The van der Waals surface area contributed by atoms with Crippen molar-refractivity contribution in [2.75, 3.05) is 0 Å². The van der Waals surface area contributed by atoms with Crippen LogP contribution in [-0.4, -0.2) is 4.98 Å². The quantitative estimate of drug-likeness (QED) is 0.605. The zero-order valence-electron chi connectivity index (χ0n) is 12.9. The molecule has 3 heteroatoms. The first-order chi connectivity index (χ1) is 9.86. The molecule has 0 radical (unpaired) electrons. The molecule has 0 fully saturated rings. The van der Waals surface area contributed by atoms with E-state index in [4.69, 9.17) is 4.42 Å². The third-order valence-corrected chi connectivity index (χ3v) is 4.66. The molecule has 1 aliphatic carbocycles. The predicted octanol–water partition coefficient (Wildman–Crippen LogP) is 5.85. The van der Waals surface area contributed by atoms with Gasteiger partial charge in [-0.3, -0.25) is 0 Å². The summed E-state index contributed by atoms with van der Waals surface area (Å²) in [6, 6.07) is 4.12. The molecule has 110 valence electrons. The van der Waals surface area contributed by atoms with Crippen molar-refractivity contribution in [3.63, 3.8) is 0 Å². The maximum atomic E-state index is 6.04. The topological polar surface area (TPSA) is 26.0 Å². The second kappa shape index (κ2) is 5.13. The molecule has 21 heavy (non-hydrogen) atoms. The van der Waals surface area contributed by atoms with Crippen LogP contribution in [0.2, 0.25) is 0 Å². The average molecular weight is 346 g/mol. The first kappa shape index (κ1) is 14.6. The van der Waals surface area contributed by atoms with Crippen molar-refractivity contribution < 1.29 is 4.42 Å². The predicted molar refractivity (Wildman–Crippen MR) is 90.3 cm³/mol. The highest BCUT2D eigenvalue weighted by Gasteiger charge is 2.26. The molecule has 2 aromatic rings. The molecular weight excluding hydrogens is 326 g/mol. The van der Waals surface area contributed by atoms with Crippen LogP contribution < -0.4 is 0 Å². The molecule has 2 atom stereocenters. The molecule has 0 spiro atoms. The summed E-state index contributed by atoms with van der Waals surface area (Å²) in [6.07, 6.45) is 8.67. The van der Waals surface area contributed by atoms with Gasteiger partial charge in [0.1, 0.15) is 10.4 Å². The summed E-state index contributed by atoms with van der Waals surface area (Å²) in [6.45, 7) is 9.00. The van der Waals surface area contributed by atoms with Crippen molar-refractivity contribution in [3.05, 3.63) is 52.5 Å². The van der Waals surface area contributed by atoms with E-state index in [1.807, 2.05) is 6.07 Å². The van der Waals surface area contributed by atoms with E-state index in [1.165, 1.54) is 5.57 Å². The van der Waals surface area contributed by atoms with Crippen molar-refractivity contribution in [2.45, 2.75) is 33.6 Å². The zero-order valence-corrected chi connectivity index (χ0v) is 14.4. The van der Waals surface area contributed by atoms with E-state index >= 15 is 0 Å². The van der Waals surface area contributed by atoms with Crippen molar-refractivity contribution in [3.8, 4) is 0 Å². The van der Waals surface area contributed by atoms with Gasteiger partial charge in [0.2, 0.25) is 0 Å². The highest BCUT2D eigenvalue weighted by molar-refractivity contribution is 9.10. The molecule has 0 aliphatic heterocycles. The summed E-state index contributed by atoms with van der Waals surface area (Å²) in [5.41, 5.74) is 2.42. The highest BCUT2D eigenvalue weighted by atomic mass is 79.9. The number of pyridine rings is 1. The highest BCUT2D eigenvalue weighted by Crippen LogP contribution is 2.39. The molecular formula is C18H20BrNO. The number of rotatable bonds is 1. The number of fused-ring (bicyclic) bond motifs is 1. The number of allylic oxidation sites excluding steroid dienone is 4. The van der Waals surface area contributed by atoms with Gasteiger partial charge in [0, 0.05) is 17.5 Å². The Morgan fingerprint density at radius 2 is 2.05 bits per heavy atom. The number of nitrogens with zero attached hydrogens (tertiary/aromatic N) is 1. The van der Waals surface area contributed by atoms with Gasteiger partial charge in [-0.1, -0.05) is 45.9 Å². The number of furan rings is 1. The molecule has 2 aromatic heterocycles. The standard InChI is InChI=1S/C18H20BrNO/c1-11-9-13(18(2,3)4)5-6-14(11)15-10-12-7-8-20-17(19)16(12)21-15/h5-11,14H,1-4H3. The molecule has 2 nitrogen and oxygen atoms in total. The average Bonchev–Trinajstić information content (AvgIpc) is 2.82. The van der Waals surface area contributed by atoms with Crippen LogP contribution in [0.25, 0.3) is 11.0 Å². The maximum Gasteiger partial charge on any atom is 0.167 e. The molecule has 0 amide bonds. The Morgan fingerprint density at radius 1 is 1.29 bits per heavy atom.